The summed E-state index contributed by atoms with van der Waals surface area (Å²) in [5.41, 5.74) is 0.993. The summed E-state index contributed by atoms with van der Waals surface area (Å²) in [6, 6.07) is 2.05. The molecule has 1 heterocycles. The first-order chi connectivity index (χ1) is 7.04. The van der Waals surface area contributed by atoms with Crippen LogP contribution in [-0.4, -0.2) is 24.4 Å². The standard InChI is InChI=1S/C9H12BF3NS.K/c11-10(12,13)7-14(9-1-2-9)5-8-3-4-15-6-8;/h3-4,6,9H,1-2,5,7H2;/q-1;+1. The molecule has 1 aromatic heterocycles. The average molecular weight is 273 g/mol. The fraction of sp³-hybridized carbons (Fsp3) is 0.556. The van der Waals surface area contributed by atoms with Crippen LogP contribution < -0.4 is 51.4 Å². The molecule has 84 valence electrons. The summed E-state index contributed by atoms with van der Waals surface area (Å²) in [5, 5.41) is 3.82. The van der Waals surface area contributed by atoms with Gasteiger partial charge in [0.2, 0.25) is 0 Å². The van der Waals surface area contributed by atoms with E-state index in [9.17, 15) is 12.9 Å². The molecule has 2 rings (SSSR count). The molecule has 0 N–H and O–H groups in total. The van der Waals surface area contributed by atoms with Gasteiger partial charge in [0.15, 0.2) is 0 Å². The van der Waals surface area contributed by atoms with Gasteiger partial charge in [0.1, 0.15) is 0 Å². The molecule has 0 aliphatic heterocycles. The summed E-state index contributed by atoms with van der Waals surface area (Å²) < 4.78 is 37.0. The molecule has 0 unspecified atom stereocenters. The number of hydrogen-bond donors (Lipinski definition) is 0. The molecule has 1 aliphatic rings. The maximum absolute atomic E-state index is 12.3. The third kappa shape index (κ3) is 5.20. The monoisotopic (exact) mass is 273 g/mol. The molecule has 16 heavy (non-hydrogen) atoms. The van der Waals surface area contributed by atoms with Gasteiger partial charge in [0, 0.05) is 12.6 Å². The van der Waals surface area contributed by atoms with Crippen LogP contribution in [0.3, 0.4) is 0 Å². The Morgan fingerprint density at radius 3 is 2.50 bits per heavy atom. The third-order valence-electron chi connectivity index (χ3n) is 2.47. The molecular formula is C9H12BF3KNS. The number of halogens is 3. The van der Waals surface area contributed by atoms with Crippen molar-refractivity contribution >= 4 is 18.3 Å². The van der Waals surface area contributed by atoms with Crippen molar-refractivity contribution in [2.24, 2.45) is 0 Å². The Morgan fingerprint density at radius 2 is 2.06 bits per heavy atom. The van der Waals surface area contributed by atoms with Crippen LogP contribution in [0.15, 0.2) is 16.8 Å². The molecule has 0 spiro atoms. The van der Waals surface area contributed by atoms with Gasteiger partial charge in [-0.05, 0) is 41.7 Å². The maximum atomic E-state index is 12.3. The van der Waals surface area contributed by atoms with Crippen LogP contribution in [0.5, 0.6) is 0 Å². The number of thiophene rings is 1. The summed E-state index contributed by atoms with van der Waals surface area (Å²) in [7, 11) is 0. The van der Waals surface area contributed by atoms with E-state index in [1.807, 2.05) is 16.8 Å². The van der Waals surface area contributed by atoms with Crippen LogP contribution in [0.4, 0.5) is 12.9 Å². The van der Waals surface area contributed by atoms with Gasteiger partial charge in [-0.1, -0.05) is 0 Å². The molecule has 1 aromatic rings. The average Bonchev–Trinajstić information content (AvgIpc) is 2.83. The summed E-state index contributed by atoms with van der Waals surface area (Å²) in [6.45, 7) is -4.26. The fourth-order valence-corrected chi connectivity index (χ4v) is 2.33. The van der Waals surface area contributed by atoms with E-state index in [1.54, 1.807) is 4.90 Å². The smallest absolute Gasteiger partial charge is 0.448 e. The Balaban J connectivity index is 0.00000128. The van der Waals surface area contributed by atoms with Gasteiger partial charge < -0.3 is 17.8 Å². The van der Waals surface area contributed by atoms with Crippen LogP contribution in [0.25, 0.3) is 0 Å². The summed E-state index contributed by atoms with van der Waals surface area (Å²) in [5.74, 6) is 0. The van der Waals surface area contributed by atoms with E-state index >= 15 is 0 Å². The minimum atomic E-state index is -4.70. The first kappa shape index (κ1) is 15.2. The van der Waals surface area contributed by atoms with E-state index in [0.717, 1.165) is 18.4 Å². The SMILES string of the molecule is F[B-](F)(F)CN(Cc1ccsc1)C1CC1.[K+]. The quantitative estimate of drug-likeness (QED) is 0.688. The van der Waals surface area contributed by atoms with Crippen molar-refractivity contribution in [1.29, 1.82) is 0 Å². The molecule has 1 nitrogen and oxygen atoms in total. The minimum absolute atomic E-state index is 0. The van der Waals surface area contributed by atoms with Crippen molar-refractivity contribution in [3.05, 3.63) is 22.4 Å². The van der Waals surface area contributed by atoms with E-state index in [0.29, 0.717) is 6.54 Å². The van der Waals surface area contributed by atoms with Gasteiger partial charge in [-0.2, -0.15) is 11.3 Å². The third-order valence-corrected chi connectivity index (χ3v) is 3.20. The molecular weight excluding hydrogens is 261 g/mol. The van der Waals surface area contributed by atoms with E-state index in [4.69, 9.17) is 0 Å². The summed E-state index contributed by atoms with van der Waals surface area (Å²) in [4.78, 5) is 1.56. The fourth-order valence-electron chi connectivity index (χ4n) is 1.67. The molecule has 1 aliphatic carbocycles. The number of nitrogens with zero attached hydrogens (tertiary/aromatic N) is 1. The van der Waals surface area contributed by atoms with Crippen molar-refractivity contribution in [3.63, 3.8) is 0 Å². The van der Waals surface area contributed by atoms with Crippen LogP contribution >= 0.6 is 11.3 Å². The molecule has 0 amide bonds. The molecule has 1 saturated carbocycles. The van der Waals surface area contributed by atoms with E-state index in [-0.39, 0.29) is 57.4 Å². The van der Waals surface area contributed by atoms with E-state index in [2.05, 4.69) is 0 Å². The van der Waals surface area contributed by atoms with Crippen LogP contribution in [0, 0.1) is 0 Å². The van der Waals surface area contributed by atoms with Gasteiger partial charge in [0.05, 0.1) is 0 Å². The van der Waals surface area contributed by atoms with E-state index < -0.39 is 13.4 Å². The van der Waals surface area contributed by atoms with Gasteiger partial charge in [-0.15, -0.1) is 0 Å². The Morgan fingerprint density at radius 1 is 1.38 bits per heavy atom. The Kier molecular flexibility index (Phi) is 6.04. The van der Waals surface area contributed by atoms with Crippen molar-refractivity contribution in [2.75, 3.05) is 6.44 Å². The van der Waals surface area contributed by atoms with Gasteiger partial charge in [-0.25, -0.2) is 0 Å². The maximum Gasteiger partial charge on any atom is 1.00 e. The normalized spacial score (nSPS) is 16.2. The second-order valence-corrected chi connectivity index (χ2v) is 4.78. The summed E-state index contributed by atoms with van der Waals surface area (Å²) >= 11 is 1.53. The molecule has 7 heteroatoms. The predicted octanol–water partition coefficient (Wildman–Crippen LogP) is 0.103. The van der Waals surface area contributed by atoms with Gasteiger partial charge >= 0.3 is 58.4 Å². The molecule has 0 radical (unpaired) electrons. The summed E-state index contributed by atoms with van der Waals surface area (Å²) in [6.07, 6.45) is 1.10. The number of rotatable bonds is 5. The first-order valence-electron chi connectivity index (χ1n) is 5.01. The second-order valence-electron chi connectivity index (χ2n) is 4.00. The van der Waals surface area contributed by atoms with Crippen molar-refractivity contribution in [3.8, 4) is 0 Å². The number of hydrogen-bond acceptors (Lipinski definition) is 2. The zero-order valence-electron chi connectivity index (χ0n) is 9.20. The Bertz CT molecular complexity index is 313. The molecule has 0 bridgehead atoms. The van der Waals surface area contributed by atoms with Crippen LogP contribution in [-0.2, 0) is 6.54 Å². The first-order valence-corrected chi connectivity index (χ1v) is 5.95. The molecule has 1 fully saturated rings. The second kappa shape index (κ2) is 6.36. The van der Waals surface area contributed by atoms with E-state index in [1.165, 1.54) is 11.3 Å². The zero-order chi connectivity index (χ0) is 10.9. The van der Waals surface area contributed by atoms with Crippen molar-refractivity contribution in [2.45, 2.75) is 25.4 Å². The largest absolute Gasteiger partial charge is 1.00 e. The Labute approximate surface area is 140 Å². The van der Waals surface area contributed by atoms with Crippen molar-refractivity contribution < 1.29 is 64.3 Å². The molecule has 0 atom stereocenters. The molecule has 0 saturated heterocycles. The zero-order valence-corrected chi connectivity index (χ0v) is 13.1. The van der Waals surface area contributed by atoms with Gasteiger partial charge in [-0.3, -0.25) is 0 Å². The van der Waals surface area contributed by atoms with Gasteiger partial charge in [0.25, 0.3) is 0 Å². The topological polar surface area (TPSA) is 3.24 Å². The Hall–Kier alpha value is 1.15. The van der Waals surface area contributed by atoms with Crippen LogP contribution in [0.2, 0.25) is 0 Å². The predicted molar refractivity (Wildman–Crippen MR) is 56.8 cm³/mol. The van der Waals surface area contributed by atoms with Crippen LogP contribution in [0.1, 0.15) is 18.4 Å². The van der Waals surface area contributed by atoms with Crippen molar-refractivity contribution in [1.82, 2.24) is 4.90 Å². The minimum Gasteiger partial charge on any atom is -0.448 e. The molecule has 0 aromatic carbocycles.